The van der Waals surface area contributed by atoms with Crippen molar-refractivity contribution < 1.29 is 10.2 Å². The first kappa shape index (κ1) is 19.9. The standard InChI is InChI=1S/C16H26N10O2/c17-13-21-11(23-15(25-13)19-5-7-27)9-1-2-10(4-3-9)12-22-14(18)26-16(24-12)20-6-8-28/h9-10,27-28H,1-8H2,(H3,17,19,21,23,25)(H3,18,20,22,24,26). The van der Waals surface area contributed by atoms with Crippen LogP contribution in [0, 0.1) is 0 Å². The third-order valence-corrected chi connectivity index (χ3v) is 4.59. The maximum atomic E-state index is 8.93. The van der Waals surface area contributed by atoms with Crippen molar-refractivity contribution in [1.82, 2.24) is 29.9 Å². The molecule has 12 heteroatoms. The lowest BCUT2D eigenvalue weighted by molar-refractivity contribution is 0.310. The highest BCUT2D eigenvalue weighted by Gasteiger charge is 2.28. The van der Waals surface area contributed by atoms with Gasteiger partial charge in [-0.05, 0) is 25.7 Å². The molecule has 1 saturated carbocycles. The number of rotatable bonds is 8. The Morgan fingerprint density at radius 1 is 0.679 bits per heavy atom. The van der Waals surface area contributed by atoms with Gasteiger partial charge in [0.15, 0.2) is 0 Å². The summed E-state index contributed by atoms with van der Waals surface area (Å²) in [4.78, 5) is 25.5. The zero-order chi connectivity index (χ0) is 19.9. The van der Waals surface area contributed by atoms with Crippen molar-refractivity contribution in [2.24, 2.45) is 0 Å². The van der Waals surface area contributed by atoms with Gasteiger partial charge in [0.2, 0.25) is 23.8 Å². The summed E-state index contributed by atoms with van der Waals surface area (Å²) in [6, 6.07) is 0. The average molecular weight is 390 g/mol. The summed E-state index contributed by atoms with van der Waals surface area (Å²) < 4.78 is 0. The zero-order valence-corrected chi connectivity index (χ0v) is 15.5. The molecule has 0 atom stereocenters. The van der Waals surface area contributed by atoms with Crippen molar-refractivity contribution in [1.29, 1.82) is 0 Å². The summed E-state index contributed by atoms with van der Waals surface area (Å²) in [6.45, 7) is 0.665. The molecule has 0 aliphatic heterocycles. The molecule has 12 nitrogen and oxygen atoms in total. The topological polar surface area (TPSA) is 194 Å². The lowest BCUT2D eigenvalue weighted by atomic mass is 9.81. The second-order valence-corrected chi connectivity index (χ2v) is 6.60. The van der Waals surface area contributed by atoms with E-state index < -0.39 is 0 Å². The maximum absolute atomic E-state index is 8.93. The highest BCUT2D eigenvalue weighted by atomic mass is 16.3. The Hall–Kier alpha value is -2.86. The fraction of sp³-hybridized carbons (Fsp3) is 0.625. The van der Waals surface area contributed by atoms with Crippen molar-refractivity contribution in [3.63, 3.8) is 0 Å². The summed E-state index contributed by atoms with van der Waals surface area (Å²) in [5.41, 5.74) is 11.6. The quantitative estimate of drug-likeness (QED) is 0.338. The molecule has 0 aromatic carbocycles. The number of aromatic nitrogens is 6. The predicted octanol–water partition coefficient (Wildman–Crippen LogP) is -0.529. The number of nitrogens with two attached hydrogens (primary N) is 2. The van der Waals surface area contributed by atoms with Crippen LogP contribution in [-0.4, -0.2) is 66.4 Å². The van der Waals surface area contributed by atoms with Crippen molar-refractivity contribution in [3.05, 3.63) is 11.6 Å². The van der Waals surface area contributed by atoms with E-state index in [1.165, 1.54) is 0 Å². The van der Waals surface area contributed by atoms with Crippen LogP contribution in [0.1, 0.15) is 49.2 Å². The van der Waals surface area contributed by atoms with Crippen LogP contribution in [0.25, 0.3) is 0 Å². The van der Waals surface area contributed by atoms with Crippen LogP contribution in [0.15, 0.2) is 0 Å². The summed E-state index contributed by atoms with van der Waals surface area (Å²) >= 11 is 0. The Labute approximate surface area is 162 Å². The molecule has 0 amide bonds. The number of nitrogens with zero attached hydrogens (tertiary/aromatic N) is 6. The van der Waals surface area contributed by atoms with E-state index in [1.807, 2.05) is 0 Å². The van der Waals surface area contributed by atoms with E-state index in [1.54, 1.807) is 0 Å². The first-order chi connectivity index (χ1) is 13.6. The second kappa shape index (κ2) is 9.37. The lowest BCUT2D eigenvalue weighted by Gasteiger charge is -2.27. The van der Waals surface area contributed by atoms with Gasteiger partial charge in [-0.25, -0.2) is 0 Å². The molecule has 3 rings (SSSR count). The van der Waals surface area contributed by atoms with Gasteiger partial charge in [0, 0.05) is 24.9 Å². The van der Waals surface area contributed by atoms with Gasteiger partial charge < -0.3 is 32.3 Å². The van der Waals surface area contributed by atoms with Gasteiger partial charge in [0.1, 0.15) is 11.6 Å². The average Bonchev–Trinajstić information content (AvgIpc) is 2.70. The van der Waals surface area contributed by atoms with Crippen molar-refractivity contribution in [2.75, 3.05) is 48.4 Å². The molecule has 0 saturated heterocycles. The molecule has 28 heavy (non-hydrogen) atoms. The van der Waals surface area contributed by atoms with E-state index >= 15 is 0 Å². The monoisotopic (exact) mass is 390 g/mol. The van der Waals surface area contributed by atoms with Crippen LogP contribution < -0.4 is 22.1 Å². The number of hydrogen-bond acceptors (Lipinski definition) is 12. The minimum atomic E-state index is -0.0176. The molecule has 152 valence electrons. The van der Waals surface area contributed by atoms with Crippen LogP contribution in [-0.2, 0) is 0 Å². The van der Waals surface area contributed by atoms with E-state index in [0.717, 1.165) is 25.7 Å². The largest absolute Gasteiger partial charge is 0.395 e. The molecule has 2 aromatic rings. The molecule has 0 bridgehead atoms. The Morgan fingerprint density at radius 2 is 1.07 bits per heavy atom. The van der Waals surface area contributed by atoms with E-state index in [9.17, 15) is 0 Å². The highest BCUT2D eigenvalue weighted by Crippen LogP contribution is 2.38. The number of nitrogen functional groups attached to an aromatic ring is 2. The van der Waals surface area contributed by atoms with Crippen LogP contribution >= 0.6 is 0 Å². The lowest BCUT2D eigenvalue weighted by Crippen LogP contribution is -2.20. The Morgan fingerprint density at radius 3 is 1.43 bits per heavy atom. The molecular formula is C16H26N10O2. The molecule has 0 radical (unpaired) electrons. The van der Waals surface area contributed by atoms with Gasteiger partial charge in [-0.1, -0.05) is 0 Å². The van der Waals surface area contributed by atoms with Crippen LogP contribution in [0.2, 0.25) is 0 Å². The number of nitrogens with one attached hydrogen (secondary N) is 2. The Balaban J connectivity index is 1.66. The smallest absolute Gasteiger partial charge is 0.227 e. The maximum Gasteiger partial charge on any atom is 0.227 e. The van der Waals surface area contributed by atoms with Crippen molar-refractivity contribution in [2.45, 2.75) is 37.5 Å². The molecule has 2 heterocycles. The Bertz CT molecular complexity index is 717. The van der Waals surface area contributed by atoms with Gasteiger partial charge in [0.25, 0.3) is 0 Å². The minimum absolute atomic E-state index is 0.0176. The number of hydrogen-bond donors (Lipinski definition) is 6. The normalized spacial score (nSPS) is 19.4. The molecule has 0 spiro atoms. The first-order valence-electron chi connectivity index (χ1n) is 9.31. The summed E-state index contributed by atoms with van der Waals surface area (Å²) in [5.74, 6) is 2.74. The van der Waals surface area contributed by atoms with Gasteiger partial charge in [-0.15, -0.1) is 0 Å². The number of aliphatic hydroxyl groups is 2. The van der Waals surface area contributed by atoms with Gasteiger partial charge >= 0.3 is 0 Å². The van der Waals surface area contributed by atoms with E-state index in [0.29, 0.717) is 36.6 Å². The fourth-order valence-electron chi connectivity index (χ4n) is 3.29. The van der Waals surface area contributed by atoms with Gasteiger partial charge in [-0.3, -0.25) is 0 Å². The molecular weight excluding hydrogens is 364 g/mol. The second-order valence-electron chi connectivity index (χ2n) is 6.60. The molecule has 1 aliphatic rings. The number of anilines is 4. The first-order valence-corrected chi connectivity index (χ1v) is 9.31. The number of aliphatic hydroxyl groups excluding tert-OH is 2. The Kier molecular flexibility index (Phi) is 6.66. The molecule has 0 unspecified atom stereocenters. The molecule has 1 fully saturated rings. The fourth-order valence-corrected chi connectivity index (χ4v) is 3.29. The summed E-state index contributed by atoms with van der Waals surface area (Å²) in [5, 5.41) is 23.7. The van der Waals surface area contributed by atoms with Crippen molar-refractivity contribution >= 4 is 23.8 Å². The third kappa shape index (κ3) is 5.10. The van der Waals surface area contributed by atoms with E-state index in [2.05, 4.69) is 40.5 Å². The minimum Gasteiger partial charge on any atom is -0.395 e. The van der Waals surface area contributed by atoms with Crippen molar-refractivity contribution in [3.8, 4) is 0 Å². The predicted molar refractivity (Wildman–Crippen MR) is 104 cm³/mol. The zero-order valence-electron chi connectivity index (χ0n) is 15.5. The summed E-state index contributed by atoms with van der Waals surface area (Å²) in [6.07, 6.45) is 3.44. The molecule has 1 aliphatic carbocycles. The van der Waals surface area contributed by atoms with Crippen LogP contribution in [0.3, 0.4) is 0 Å². The molecule has 2 aromatic heterocycles. The van der Waals surface area contributed by atoms with Gasteiger partial charge in [-0.2, -0.15) is 29.9 Å². The summed E-state index contributed by atoms with van der Waals surface area (Å²) in [7, 11) is 0. The van der Waals surface area contributed by atoms with Gasteiger partial charge in [0.05, 0.1) is 13.2 Å². The van der Waals surface area contributed by atoms with E-state index in [4.69, 9.17) is 21.7 Å². The highest BCUT2D eigenvalue weighted by molar-refractivity contribution is 5.33. The third-order valence-electron chi connectivity index (χ3n) is 4.59. The van der Waals surface area contributed by atoms with Crippen LogP contribution in [0.4, 0.5) is 23.8 Å². The van der Waals surface area contributed by atoms with E-state index in [-0.39, 0.29) is 36.9 Å². The van der Waals surface area contributed by atoms with Crippen LogP contribution in [0.5, 0.6) is 0 Å². The molecule has 8 N–H and O–H groups in total. The SMILES string of the molecule is Nc1nc(NCCO)nc(C2CCC(c3nc(N)nc(NCCO)n3)CC2)n1.